The zero-order valence-corrected chi connectivity index (χ0v) is 12.6. The number of nitrogens with zero attached hydrogens (tertiary/aromatic N) is 1. The predicted octanol–water partition coefficient (Wildman–Crippen LogP) is 3.60. The van der Waals surface area contributed by atoms with E-state index in [-0.39, 0.29) is 5.82 Å². The Hall–Kier alpha value is -0.930. The molecule has 0 aliphatic carbocycles. The minimum atomic E-state index is -0.171. The van der Waals surface area contributed by atoms with Crippen molar-refractivity contribution in [1.29, 1.82) is 0 Å². The Kier molecular flexibility index (Phi) is 7.03. The van der Waals surface area contributed by atoms with E-state index in [2.05, 4.69) is 37.9 Å². The predicted molar refractivity (Wildman–Crippen MR) is 79.8 cm³/mol. The Morgan fingerprint density at radius 3 is 2.16 bits per heavy atom. The lowest BCUT2D eigenvalue weighted by Gasteiger charge is -2.27. The van der Waals surface area contributed by atoms with Gasteiger partial charge in [0.2, 0.25) is 0 Å². The first-order chi connectivity index (χ1) is 9.10. The van der Waals surface area contributed by atoms with Crippen LogP contribution < -0.4 is 5.32 Å². The maximum Gasteiger partial charge on any atom is 0.123 e. The fourth-order valence-corrected chi connectivity index (χ4v) is 2.41. The van der Waals surface area contributed by atoms with E-state index in [1.165, 1.54) is 12.1 Å². The zero-order chi connectivity index (χ0) is 14.3. The first kappa shape index (κ1) is 16.1. The molecule has 0 spiro atoms. The van der Waals surface area contributed by atoms with Gasteiger partial charge in [-0.05, 0) is 44.1 Å². The van der Waals surface area contributed by atoms with Crippen LogP contribution in [0.5, 0.6) is 0 Å². The van der Waals surface area contributed by atoms with Crippen molar-refractivity contribution in [3.63, 3.8) is 0 Å². The van der Waals surface area contributed by atoms with Crippen LogP contribution in [-0.4, -0.2) is 30.6 Å². The fraction of sp³-hybridized carbons (Fsp3) is 0.625. The molecule has 1 N–H and O–H groups in total. The van der Waals surface area contributed by atoms with Gasteiger partial charge in [0.1, 0.15) is 5.82 Å². The average Bonchev–Trinajstić information content (AvgIpc) is 2.43. The molecule has 0 fully saturated rings. The maximum absolute atomic E-state index is 13.0. The van der Waals surface area contributed by atoms with Crippen LogP contribution in [0.15, 0.2) is 24.3 Å². The third-order valence-corrected chi connectivity index (χ3v) is 3.59. The lowest BCUT2D eigenvalue weighted by Crippen LogP contribution is -2.40. The summed E-state index contributed by atoms with van der Waals surface area (Å²) in [6.45, 7) is 12.0. The molecule has 0 amide bonds. The third kappa shape index (κ3) is 5.29. The van der Waals surface area contributed by atoms with E-state index < -0.39 is 0 Å². The van der Waals surface area contributed by atoms with E-state index >= 15 is 0 Å². The smallest absolute Gasteiger partial charge is 0.123 e. The molecule has 3 heteroatoms. The van der Waals surface area contributed by atoms with Gasteiger partial charge in [-0.15, -0.1) is 0 Å². The molecule has 1 rings (SSSR count). The second-order valence-corrected chi connectivity index (χ2v) is 5.07. The summed E-state index contributed by atoms with van der Waals surface area (Å²) in [5, 5.41) is 3.64. The maximum atomic E-state index is 13.0. The minimum Gasteiger partial charge on any atom is -0.306 e. The van der Waals surface area contributed by atoms with Crippen LogP contribution in [0, 0.1) is 5.82 Å². The SMILES string of the molecule is CCC(NC(C)CN(CC)CC)c1ccc(F)cc1. The van der Waals surface area contributed by atoms with Crippen molar-refractivity contribution in [1.82, 2.24) is 10.2 Å². The van der Waals surface area contributed by atoms with Crippen LogP contribution in [0.25, 0.3) is 0 Å². The summed E-state index contributed by atoms with van der Waals surface area (Å²) in [6, 6.07) is 7.55. The van der Waals surface area contributed by atoms with Crippen LogP contribution in [0.2, 0.25) is 0 Å². The molecular weight excluding hydrogens is 239 g/mol. The van der Waals surface area contributed by atoms with Gasteiger partial charge in [-0.3, -0.25) is 0 Å². The van der Waals surface area contributed by atoms with E-state index in [1.54, 1.807) is 0 Å². The fourth-order valence-electron chi connectivity index (χ4n) is 2.41. The number of benzene rings is 1. The van der Waals surface area contributed by atoms with Gasteiger partial charge in [0.05, 0.1) is 0 Å². The molecule has 0 aliphatic rings. The van der Waals surface area contributed by atoms with Gasteiger partial charge in [-0.2, -0.15) is 0 Å². The number of rotatable bonds is 8. The monoisotopic (exact) mass is 266 g/mol. The van der Waals surface area contributed by atoms with Gasteiger partial charge in [0, 0.05) is 18.6 Å². The molecule has 0 heterocycles. The van der Waals surface area contributed by atoms with Crippen LogP contribution in [0.3, 0.4) is 0 Å². The van der Waals surface area contributed by atoms with Crippen LogP contribution >= 0.6 is 0 Å². The number of hydrogen-bond donors (Lipinski definition) is 1. The van der Waals surface area contributed by atoms with Gasteiger partial charge in [0.25, 0.3) is 0 Å². The second kappa shape index (κ2) is 8.28. The Balaban J connectivity index is 2.58. The Morgan fingerprint density at radius 1 is 1.11 bits per heavy atom. The molecule has 0 aliphatic heterocycles. The van der Waals surface area contributed by atoms with Gasteiger partial charge < -0.3 is 10.2 Å². The summed E-state index contributed by atoms with van der Waals surface area (Å²) >= 11 is 0. The molecule has 2 nitrogen and oxygen atoms in total. The molecule has 0 bridgehead atoms. The van der Waals surface area contributed by atoms with Crippen molar-refractivity contribution >= 4 is 0 Å². The molecule has 108 valence electrons. The van der Waals surface area contributed by atoms with E-state index in [1.807, 2.05) is 12.1 Å². The van der Waals surface area contributed by atoms with E-state index in [4.69, 9.17) is 0 Å². The molecule has 1 aromatic carbocycles. The number of hydrogen-bond acceptors (Lipinski definition) is 2. The first-order valence-electron chi connectivity index (χ1n) is 7.34. The zero-order valence-electron chi connectivity index (χ0n) is 12.6. The number of likely N-dealkylation sites (N-methyl/N-ethyl adjacent to an activating group) is 1. The summed E-state index contributed by atoms with van der Waals surface area (Å²) in [5.41, 5.74) is 1.16. The summed E-state index contributed by atoms with van der Waals surface area (Å²) < 4.78 is 13.0. The Morgan fingerprint density at radius 2 is 1.68 bits per heavy atom. The van der Waals surface area contributed by atoms with Crippen molar-refractivity contribution in [2.45, 2.75) is 46.2 Å². The largest absolute Gasteiger partial charge is 0.306 e. The van der Waals surface area contributed by atoms with E-state index in [9.17, 15) is 4.39 Å². The van der Waals surface area contributed by atoms with Crippen LogP contribution in [0.1, 0.15) is 45.7 Å². The standard InChI is InChI=1S/C16H27FN2/c1-5-16(14-8-10-15(17)11-9-14)18-13(4)12-19(6-2)7-3/h8-11,13,16,18H,5-7,12H2,1-4H3. The molecule has 2 atom stereocenters. The molecular formula is C16H27FN2. The highest BCUT2D eigenvalue weighted by Crippen LogP contribution is 2.17. The Labute approximate surface area is 117 Å². The molecule has 0 saturated carbocycles. The van der Waals surface area contributed by atoms with Crippen molar-refractivity contribution in [3.8, 4) is 0 Å². The lowest BCUT2D eigenvalue weighted by molar-refractivity contribution is 0.260. The number of nitrogens with one attached hydrogen (secondary N) is 1. The normalized spacial score (nSPS) is 14.6. The molecule has 0 saturated heterocycles. The van der Waals surface area contributed by atoms with Crippen molar-refractivity contribution in [3.05, 3.63) is 35.6 Å². The molecule has 1 aromatic rings. The summed E-state index contributed by atoms with van der Waals surface area (Å²) in [7, 11) is 0. The van der Waals surface area contributed by atoms with Crippen molar-refractivity contribution in [2.75, 3.05) is 19.6 Å². The summed E-state index contributed by atoms with van der Waals surface area (Å²) in [6.07, 6.45) is 1.01. The Bertz CT molecular complexity index is 346. The van der Waals surface area contributed by atoms with Crippen molar-refractivity contribution < 1.29 is 4.39 Å². The molecule has 0 aromatic heterocycles. The van der Waals surface area contributed by atoms with Gasteiger partial charge in [-0.1, -0.05) is 32.9 Å². The second-order valence-electron chi connectivity index (χ2n) is 5.07. The minimum absolute atomic E-state index is 0.171. The third-order valence-electron chi connectivity index (χ3n) is 3.59. The van der Waals surface area contributed by atoms with Gasteiger partial charge in [0.15, 0.2) is 0 Å². The van der Waals surface area contributed by atoms with E-state index in [0.717, 1.165) is 31.6 Å². The summed E-state index contributed by atoms with van der Waals surface area (Å²) in [4.78, 5) is 2.41. The number of halogens is 1. The quantitative estimate of drug-likeness (QED) is 0.773. The average molecular weight is 266 g/mol. The highest BCUT2D eigenvalue weighted by Gasteiger charge is 2.14. The van der Waals surface area contributed by atoms with Gasteiger partial charge >= 0.3 is 0 Å². The van der Waals surface area contributed by atoms with Crippen LogP contribution in [0.4, 0.5) is 4.39 Å². The first-order valence-corrected chi connectivity index (χ1v) is 7.34. The highest BCUT2D eigenvalue weighted by atomic mass is 19.1. The topological polar surface area (TPSA) is 15.3 Å². The van der Waals surface area contributed by atoms with Crippen LogP contribution in [-0.2, 0) is 0 Å². The summed E-state index contributed by atoms with van der Waals surface area (Å²) in [5.74, 6) is -0.171. The van der Waals surface area contributed by atoms with Gasteiger partial charge in [-0.25, -0.2) is 4.39 Å². The lowest BCUT2D eigenvalue weighted by atomic mass is 10.0. The molecule has 2 unspecified atom stereocenters. The van der Waals surface area contributed by atoms with E-state index in [0.29, 0.717) is 12.1 Å². The van der Waals surface area contributed by atoms with Crippen molar-refractivity contribution in [2.24, 2.45) is 0 Å². The molecule has 0 radical (unpaired) electrons. The highest BCUT2D eigenvalue weighted by molar-refractivity contribution is 5.19. The molecule has 19 heavy (non-hydrogen) atoms.